The Morgan fingerprint density at radius 1 is 0.698 bits per heavy atom. The first-order valence-corrected chi connectivity index (χ1v) is 13.7. The van der Waals surface area contributed by atoms with Gasteiger partial charge >= 0.3 is 0 Å². The smallest absolute Gasteiger partial charge is 0.222 e. The van der Waals surface area contributed by atoms with E-state index in [4.69, 9.17) is 29.2 Å². The minimum atomic E-state index is -1.95. The molecule has 3 rings (SSSR count). The number of rotatable bonds is 13. The fourth-order valence-corrected chi connectivity index (χ4v) is 4.94. The molecule has 1 amide bonds. The highest BCUT2D eigenvalue weighted by Crippen LogP contribution is 2.32. The molecule has 0 aromatic rings. The van der Waals surface area contributed by atoms with E-state index in [0.29, 0.717) is 12.8 Å². The molecule has 0 bridgehead atoms. The van der Waals surface area contributed by atoms with Gasteiger partial charge in [-0.3, -0.25) is 4.79 Å². The van der Waals surface area contributed by atoms with Crippen molar-refractivity contribution in [3.8, 4) is 0 Å². The second kappa shape index (κ2) is 16.5. The Morgan fingerprint density at radius 3 is 1.77 bits per heavy atom. The van der Waals surface area contributed by atoms with Crippen molar-refractivity contribution in [3.05, 3.63) is 10.4 Å². The number of hydrogen-bond donors (Lipinski definition) is 11. The van der Waals surface area contributed by atoms with Gasteiger partial charge in [0.25, 0.3) is 0 Å². The third kappa shape index (κ3) is 8.47. The minimum Gasteiger partial charge on any atom is -0.394 e. The molecule has 3 aliphatic heterocycles. The van der Waals surface area contributed by atoms with Gasteiger partial charge in [-0.05, 0) is 18.4 Å². The van der Waals surface area contributed by atoms with E-state index in [1.807, 2.05) is 0 Å². The standard InChI is InChI=1S/C23H40N4O16/c24-27-25-4-2-1-3-11(31)26-21-16(36)14(34)19(9(6-29)39-21)42-23-18(38)15(35)20(10(7-30)41-23)43-22-17(37)13(33)12(32)8(5-28)40-22/h8-10,12-23,28-30,32-38H,1-7H2,(H,26,31)/t8-,9-,10-,12+,13+,14-,15-,16-,17-,18-,19-,20+,21-,22-,23+/m1/s1. The molecule has 3 saturated heterocycles. The Hall–Kier alpha value is -1.82. The molecule has 0 spiro atoms. The van der Waals surface area contributed by atoms with E-state index in [2.05, 4.69) is 15.3 Å². The van der Waals surface area contributed by atoms with Gasteiger partial charge in [0.1, 0.15) is 73.2 Å². The van der Waals surface area contributed by atoms with Crippen molar-refractivity contribution >= 4 is 5.91 Å². The molecular weight excluding hydrogens is 588 g/mol. The summed E-state index contributed by atoms with van der Waals surface area (Å²) in [6, 6.07) is 0. The van der Waals surface area contributed by atoms with E-state index < -0.39 is 118 Å². The van der Waals surface area contributed by atoms with Gasteiger partial charge in [-0.25, -0.2) is 0 Å². The summed E-state index contributed by atoms with van der Waals surface area (Å²) in [5, 5.41) is 108. The average molecular weight is 629 g/mol. The molecule has 20 nitrogen and oxygen atoms in total. The molecule has 0 aromatic carbocycles. The summed E-state index contributed by atoms with van der Waals surface area (Å²) in [5.74, 6) is -0.557. The highest BCUT2D eigenvalue weighted by atomic mass is 16.7. The van der Waals surface area contributed by atoms with Crippen LogP contribution in [0.5, 0.6) is 0 Å². The lowest BCUT2D eigenvalue weighted by Crippen LogP contribution is -2.67. The number of aliphatic hydroxyl groups excluding tert-OH is 10. The zero-order valence-electron chi connectivity index (χ0n) is 22.9. The lowest BCUT2D eigenvalue weighted by atomic mass is 9.95. The summed E-state index contributed by atoms with van der Waals surface area (Å²) in [6.07, 6.45) is -24.4. The number of azide groups is 1. The van der Waals surface area contributed by atoms with Gasteiger partial charge in [0.05, 0.1) is 19.8 Å². The van der Waals surface area contributed by atoms with Crippen LogP contribution in [-0.4, -0.2) is 175 Å². The molecule has 0 saturated carbocycles. The van der Waals surface area contributed by atoms with Crippen LogP contribution in [-0.2, 0) is 28.5 Å². The number of carbonyl (C=O) groups is 1. The minimum absolute atomic E-state index is 0.0117. The maximum atomic E-state index is 12.2. The molecule has 0 aliphatic carbocycles. The largest absolute Gasteiger partial charge is 0.394 e. The SMILES string of the molecule is [N-]=[N+]=NCCCCC(=O)N[C@@H]1O[C@H](CO)[C@@H](O[C@@H]2O[C@H](CO)[C@H](O[C@H]3O[C@H](CO)[C@H](O)[C@H](O)[C@H]3O)[C@H](O)[C@H]2O)[C@H](O)[C@H]1O. The number of nitrogens with zero attached hydrogens (tertiary/aromatic N) is 3. The molecule has 20 heteroatoms. The van der Waals surface area contributed by atoms with Crippen LogP contribution in [0.15, 0.2) is 5.11 Å². The van der Waals surface area contributed by atoms with Crippen LogP contribution in [0.3, 0.4) is 0 Å². The van der Waals surface area contributed by atoms with Crippen LogP contribution in [0.2, 0.25) is 0 Å². The van der Waals surface area contributed by atoms with E-state index >= 15 is 0 Å². The Kier molecular flexibility index (Phi) is 13.7. The third-order valence-electron chi connectivity index (χ3n) is 7.39. The van der Waals surface area contributed by atoms with Crippen LogP contribution in [0.1, 0.15) is 19.3 Å². The number of carbonyl (C=O) groups excluding carboxylic acids is 1. The summed E-state index contributed by atoms with van der Waals surface area (Å²) >= 11 is 0. The van der Waals surface area contributed by atoms with E-state index in [9.17, 15) is 55.9 Å². The fourth-order valence-electron chi connectivity index (χ4n) is 4.94. The van der Waals surface area contributed by atoms with Crippen LogP contribution < -0.4 is 5.32 Å². The summed E-state index contributed by atoms with van der Waals surface area (Å²) in [5.41, 5.74) is 8.28. The lowest BCUT2D eigenvalue weighted by molar-refractivity contribution is -0.373. The van der Waals surface area contributed by atoms with Gasteiger partial charge in [-0.1, -0.05) is 5.11 Å². The normalized spacial score (nSPS) is 43.5. The number of ether oxygens (including phenoxy) is 5. The fraction of sp³-hybridized carbons (Fsp3) is 0.957. The molecule has 3 aliphatic rings. The average Bonchev–Trinajstić information content (AvgIpc) is 3.00. The summed E-state index contributed by atoms with van der Waals surface area (Å²) in [6.45, 7) is -2.20. The molecule has 0 radical (unpaired) electrons. The van der Waals surface area contributed by atoms with Gasteiger partial charge in [-0.15, -0.1) is 0 Å². The molecule has 0 aromatic heterocycles. The first-order chi connectivity index (χ1) is 20.5. The number of nitrogens with one attached hydrogen (secondary N) is 1. The first-order valence-electron chi connectivity index (χ1n) is 13.7. The molecule has 15 atom stereocenters. The van der Waals surface area contributed by atoms with E-state index in [1.54, 1.807) is 0 Å². The number of unbranched alkanes of at least 4 members (excludes halogenated alkanes) is 1. The van der Waals surface area contributed by atoms with Crippen molar-refractivity contribution in [3.63, 3.8) is 0 Å². The van der Waals surface area contributed by atoms with Crippen LogP contribution in [0.25, 0.3) is 10.4 Å². The van der Waals surface area contributed by atoms with Gasteiger partial charge in [0.15, 0.2) is 18.8 Å². The van der Waals surface area contributed by atoms with Gasteiger partial charge in [-0.2, -0.15) is 0 Å². The van der Waals surface area contributed by atoms with Crippen LogP contribution >= 0.6 is 0 Å². The van der Waals surface area contributed by atoms with Crippen molar-refractivity contribution in [2.24, 2.45) is 5.11 Å². The van der Waals surface area contributed by atoms with Crippen molar-refractivity contribution in [2.75, 3.05) is 26.4 Å². The van der Waals surface area contributed by atoms with Gasteiger partial charge in [0.2, 0.25) is 5.91 Å². The maximum absolute atomic E-state index is 12.2. The molecule has 3 fully saturated rings. The quantitative estimate of drug-likeness (QED) is 0.0391. The second-order valence-electron chi connectivity index (χ2n) is 10.3. The topological polar surface area (TPSA) is 326 Å². The summed E-state index contributed by atoms with van der Waals surface area (Å²) in [7, 11) is 0. The third-order valence-corrected chi connectivity index (χ3v) is 7.39. The highest BCUT2D eigenvalue weighted by molar-refractivity contribution is 5.76. The zero-order valence-corrected chi connectivity index (χ0v) is 22.9. The first kappa shape index (κ1) is 35.7. The van der Waals surface area contributed by atoms with Crippen LogP contribution in [0.4, 0.5) is 0 Å². The second-order valence-corrected chi connectivity index (χ2v) is 10.3. The van der Waals surface area contributed by atoms with E-state index in [-0.39, 0.29) is 13.0 Å². The summed E-state index contributed by atoms with van der Waals surface area (Å²) < 4.78 is 27.3. The van der Waals surface area contributed by atoms with Crippen molar-refractivity contribution in [1.29, 1.82) is 0 Å². The predicted molar refractivity (Wildman–Crippen MR) is 135 cm³/mol. The molecule has 3 heterocycles. The summed E-state index contributed by atoms with van der Waals surface area (Å²) in [4.78, 5) is 14.8. The van der Waals surface area contributed by atoms with Crippen molar-refractivity contribution < 1.29 is 79.5 Å². The number of hydrogen-bond acceptors (Lipinski definition) is 17. The van der Waals surface area contributed by atoms with Gasteiger partial charge < -0.3 is 80.1 Å². The van der Waals surface area contributed by atoms with Crippen molar-refractivity contribution in [2.45, 2.75) is 111 Å². The van der Waals surface area contributed by atoms with Crippen LogP contribution in [0, 0.1) is 0 Å². The van der Waals surface area contributed by atoms with E-state index in [1.165, 1.54) is 0 Å². The number of aliphatic hydroxyl groups is 10. The molecular formula is C23H40N4O16. The van der Waals surface area contributed by atoms with E-state index in [0.717, 1.165) is 0 Å². The van der Waals surface area contributed by atoms with Crippen molar-refractivity contribution in [1.82, 2.24) is 5.32 Å². The molecule has 248 valence electrons. The molecule has 43 heavy (non-hydrogen) atoms. The Morgan fingerprint density at radius 2 is 1.21 bits per heavy atom. The highest BCUT2D eigenvalue weighted by Gasteiger charge is 2.53. The Bertz CT molecular complexity index is 926. The lowest BCUT2D eigenvalue weighted by Gasteiger charge is -2.48. The monoisotopic (exact) mass is 628 g/mol. The maximum Gasteiger partial charge on any atom is 0.222 e. The number of amides is 1. The predicted octanol–water partition coefficient (Wildman–Crippen LogP) is -5.97. The Balaban J connectivity index is 1.63. The van der Waals surface area contributed by atoms with Gasteiger partial charge in [0, 0.05) is 17.9 Å². The molecule has 0 unspecified atom stereocenters. The zero-order chi connectivity index (χ0) is 31.8. The Labute approximate surface area is 244 Å². The molecule has 11 N–H and O–H groups in total.